The molecule has 0 aromatic rings. The molecular formula is C7H13NOS. The molecule has 2 heterocycles. The zero-order valence-electron chi connectivity index (χ0n) is 6.06. The quantitative estimate of drug-likeness (QED) is 0.492. The van der Waals surface area contributed by atoms with Crippen molar-refractivity contribution in [1.29, 1.82) is 0 Å². The summed E-state index contributed by atoms with van der Waals surface area (Å²) in [4.78, 5) is 0. The zero-order valence-corrected chi connectivity index (χ0v) is 6.88. The van der Waals surface area contributed by atoms with E-state index >= 15 is 0 Å². The van der Waals surface area contributed by atoms with Gasteiger partial charge in [0.15, 0.2) is 0 Å². The van der Waals surface area contributed by atoms with Crippen LogP contribution >= 0.6 is 0 Å². The summed E-state index contributed by atoms with van der Waals surface area (Å²) in [5.41, 5.74) is 0.402. The maximum atomic E-state index is 11.3. The van der Waals surface area contributed by atoms with Gasteiger partial charge >= 0.3 is 0 Å². The third-order valence-electron chi connectivity index (χ3n) is 2.47. The van der Waals surface area contributed by atoms with E-state index in [1.54, 1.807) is 0 Å². The van der Waals surface area contributed by atoms with E-state index in [2.05, 4.69) is 11.2 Å². The van der Waals surface area contributed by atoms with Crippen LogP contribution < -0.4 is 5.32 Å². The molecule has 0 unspecified atom stereocenters. The SMILES string of the molecule is C=S1(=O)CC2(CCNC2)C1. The molecule has 2 nitrogen and oxygen atoms in total. The lowest BCUT2D eigenvalue weighted by molar-refractivity contribution is 0.389. The second kappa shape index (κ2) is 1.77. The van der Waals surface area contributed by atoms with E-state index in [4.69, 9.17) is 0 Å². The maximum absolute atomic E-state index is 11.3. The van der Waals surface area contributed by atoms with Gasteiger partial charge in [-0.1, -0.05) is 0 Å². The Balaban J connectivity index is 2.12. The van der Waals surface area contributed by atoms with Gasteiger partial charge in [-0.2, -0.15) is 0 Å². The molecule has 0 aromatic heterocycles. The summed E-state index contributed by atoms with van der Waals surface area (Å²) >= 11 is 0. The van der Waals surface area contributed by atoms with Gasteiger partial charge in [0.2, 0.25) is 0 Å². The molecule has 0 bridgehead atoms. The number of hydrogen-bond acceptors (Lipinski definition) is 2. The minimum Gasteiger partial charge on any atom is -0.316 e. The molecule has 0 aliphatic carbocycles. The molecule has 2 rings (SSSR count). The summed E-state index contributed by atoms with van der Waals surface area (Å²) in [5.74, 6) is 5.43. The lowest BCUT2D eigenvalue weighted by atomic mass is 9.91. The van der Waals surface area contributed by atoms with Crippen molar-refractivity contribution in [1.82, 2.24) is 5.32 Å². The van der Waals surface area contributed by atoms with Crippen LogP contribution in [0.2, 0.25) is 0 Å². The largest absolute Gasteiger partial charge is 0.316 e. The normalized spacial score (nSPS) is 53.2. The Hall–Kier alpha value is -0.0200. The highest BCUT2D eigenvalue weighted by Crippen LogP contribution is 2.37. The van der Waals surface area contributed by atoms with Gasteiger partial charge in [0, 0.05) is 23.5 Å². The fourth-order valence-electron chi connectivity index (χ4n) is 2.12. The Morgan fingerprint density at radius 1 is 1.50 bits per heavy atom. The Labute approximate surface area is 62.0 Å². The van der Waals surface area contributed by atoms with Gasteiger partial charge in [-0.3, -0.25) is 4.21 Å². The van der Waals surface area contributed by atoms with Crippen LogP contribution in [0.25, 0.3) is 0 Å². The van der Waals surface area contributed by atoms with E-state index < -0.39 is 9.52 Å². The van der Waals surface area contributed by atoms with Gasteiger partial charge in [-0.15, -0.1) is 0 Å². The van der Waals surface area contributed by atoms with Crippen LogP contribution in [0.4, 0.5) is 0 Å². The summed E-state index contributed by atoms with van der Waals surface area (Å²) in [6, 6.07) is 0. The van der Waals surface area contributed by atoms with Crippen molar-refractivity contribution in [3.05, 3.63) is 0 Å². The highest BCUT2D eigenvalue weighted by atomic mass is 32.2. The van der Waals surface area contributed by atoms with Gasteiger partial charge in [-0.25, -0.2) is 0 Å². The Bertz CT molecular complexity index is 222. The smallest absolute Gasteiger partial charge is 0.0237 e. The van der Waals surface area contributed by atoms with Crippen LogP contribution in [-0.2, 0) is 9.52 Å². The monoisotopic (exact) mass is 159 g/mol. The van der Waals surface area contributed by atoms with Crippen LogP contribution in [0.15, 0.2) is 0 Å². The first-order valence-corrected chi connectivity index (χ1v) is 5.72. The highest BCUT2D eigenvalue weighted by molar-refractivity contribution is 8.01. The van der Waals surface area contributed by atoms with E-state index in [0.717, 1.165) is 24.6 Å². The minimum atomic E-state index is -1.61. The molecule has 2 saturated heterocycles. The molecular weight excluding hydrogens is 146 g/mol. The van der Waals surface area contributed by atoms with Crippen molar-refractivity contribution in [2.45, 2.75) is 6.42 Å². The molecule has 2 fully saturated rings. The Kier molecular flexibility index (Phi) is 1.18. The first-order chi connectivity index (χ1) is 4.62. The fourth-order valence-corrected chi connectivity index (χ4v) is 4.76. The first kappa shape index (κ1) is 6.68. The molecule has 0 saturated carbocycles. The molecule has 0 aromatic carbocycles. The number of hydrogen-bond donors (Lipinski definition) is 1. The first-order valence-electron chi connectivity index (χ1n) is 3.65. The second-order valence-electron chi connectivity index (χ2n) is 3.68. The van der Waals surface area contributed by atoms with Gasteiger partial charge < -0.3 is 5.32 Å². The maximum Gasteiger partial charge on any atom is 0.0237 e. The summed E-state index contributed by atoms with van der Waals surface area (Å²) in [5, 5.41) is 3.30. The van der Waals surface area contributed by atoms with E-state index in [9.17, 15) is 4.21 Å². The number of nitrogens with one attached hydrogen (secondary N) is 1. The predicted octanol–water partition coefficient (Wildman–Crippen LogP) is -0.304. The second-order valence-corrected chi connectivity index (χ2v) is 6.19. The van der Waals surface area contributed by atoms with Gasteiger partial charge in [0.05, 0.1) is 0 Å². The van der Waals surface area contributed by atoms with Crippen LogP contribution in [0, 0.1) is 5.41 Å². The average molecular weight is 159 g/mol. The Morgan fingerprint density at radius 2 is 2.20 bits per heavy atom. The van der Waals surface area contributed by atoms with Crippen LogP contribution in [-0.4, -0.2) is 34.7 Å². The standard InChI is InChI=1S/C7H13NOS/c1-10(9)5-7(6-10)2-3-8-4-7/h8H,1-6H2. The Morgan fingerprint density at radius 3 is 2.60 bits per heavy atom. The molecule has 0 radical (unpaired) electrons. The molecule has 58 valence electrons. The van der Waals surface area contributed by atoms with Crippen LogP contribution in [0.5, 0.6) is 0 Å². The lowest BCUT2D eigenvalue weighted by Gasteiger charge is -2.40. The van der Waals surface area contributed by atoms with Gasteiger partial charge in [0.1, 0.15) is 0 Å². The fraction of sp³-hybridized carbons (Fsp3) is 0.857. The summed E-state index contributed by atoms with van der Waals surface area (Å²) < 4.78 is 11.3. The molecule has 10 heavy (non-hydrogen) atoms. The van der Waals surface area contributed by atoms with Crippen molar-refractivity contribution in [2.75, 3.05) is 24.6 Å². The molecule has 1 N–H and O–H groups in total. The summed E-state index contributed by atoms with van der Waals surface area (Å²) in [7, 11) is -1.61. The molecule has 2 aliphatic rings. The lowest BCUT2D eigenvalue weighted by Crippen LogP contribution is -2.49. The minimum absolute atomic E-state index is 0.402. The van der Waals surface area contributed by atoms with Gasteiger partial charge in [0.25, 0.3) is 0 Å². The van der Waals surface area contributed by atoms with E-state index in [-0.39, 0.29) is 0 Å². The highest BCUT2D eigenvalue weighted by Gasteiger charge is 2.45. The van der Waals surface area contributed by atoms with Crippen molar-refractivity contribution in [3.8, 4) is 0 Å². The molecule has 3 heteroatoms. The van der Waals surface area contributed by atoms with Crippen molar-refractivity contribution >= 4 is 15.4 Å². The number of rotatable bonds is 0. The van der Waals surface area contributed by atoms with E-state index in [1.165, 1.54) is 6.42 Å². The van der Waals surface area contributed by atoms with Crippen LogP contribution in [0.1, 0.15) is 6.42 Å². The van der Waals surface area contributed by atoms with Crippen LogP contribution in [0.3, 0.4) is 0 Å². The van der Waals surface area contributed by atoms with Crippen molar-refractivity contribution < 1.29 is 4.21 Å². The molecule has 0 atom stereocenters. The summed E-state index contributed by atoms with van der Waals surface area (Å²) in [6.45, 7) is 2.18. The van der Waals surface area contributed by atoms with Crippen molar-refractivity contribution in [2.24, 2.45) is 5.41 Å². The average Bonchev–Trinajstić information content (AvgIpc) is 2.10. The predicted molar refractivity (Wildman–Crippen MR) is 44.9 cm³/mol. The third-order valence-corrected chi connectivity index (χ3v) is 4.75. The molecule has 2 aliphatic heterocycles. The third kappa shape index (κ3) is 0.883. The molecule has 0 amide bonds. The van der Waals surface area contributed by atoms with E-state index in [0.29, 0.717) is 5.41 Å². The topological polar surface area (TPSA) is 29.1 Å². The van der Waals surface area contributed by atoms with E-state index in [1.807, 2.05) is 0 Å². The van der Waals surface area contributed by atoms with Gasteiger partial charge in [-0.05, 0) is 28.4 Å². The zero-order chi connectivity index (χ0) is 7.24. The summed E-state index contributed by atoms with van der Waals surface area (Å²) in [6.07, 6.45) is 1.21. The molecule has 1 spiro atoms. The van der Waals surface area contributed by atoms with Crippen molar-refractivity contribution in [3.63, 3.8) is 0 Å².